The second-order valence-electron chi connectivity index (χ2n) is 6.97. The maximum Gasteiger partial charge on any atom is 0.240 e. The molecule has 0 aliphatic carbocycles. The van der Waals surface area contributed by atoms with Crippen molar-refractivity contribution in [2.75, 3.05) is 13.2 Å². The highest BCUT2D eigenvalue weighted by atomic mass is 32.2. The monoisotopic (exact) mass is 441 g/mol. The van der Waals surface area contributed by atoms with Crippen molar-refractivity contribution in [1.29, 1.82) is 0 Å². The molecule has 0 saturated carbocycles. The second-order valence-corrected chi connectivity index (χ2v) is 8.73. The Morgan fingerprint density at radius 3 is 2.65 bits per heavy atom. The van der Waals surface area contributed by atoms with Gasteiger partial charge in [-0.15, -0.1) is 15.3 Å². The minimum Gasteiger partial charge on any atom is -0.475 e. The van der Waals surface area contributed by atoms with Gasteiger partial charge in [-0.3, -0.25) is 0 Å². The first kappa shape index (κ1) is 20.9. The summed E-state index contributed by atoms with van der Waals surface area (Å²) in [6.07, 6.45) is 0. The van der Waals surface area contributed by atoms with Gasteiger partial charge in [0.2, 0.25) is 15.9 Å². The molecule has 8 nitrogen and oxygen atoms in total. The molecule has 0 bridgehead atoms. The number of fused-ring (bicyclic) bond motifs is 1. The molecule has 160 valence electrons. The van der Waals surface area contributed by atoms with Crippen molar-refractivity contribution in [2.45, 2.75) is 18.7 Å². The standard InChI is InChI=1S/C21H20FN5O3S/c1-14-6-7-18(12-15(14)2)31(28,29)23-10-11-30-20-9-8-19-24-25-21(27(19)26-20)16-4-3-5-17(22)13-16/h3-9,12-13,23H,10-11H2,1-2H3. The van der Waals surface area contributed by atoms with Gasteiger partial charge in [-0.2, -0.15) is 4.52 Å². The lowest BCUT2D eigenvalue weighted by Gasteiger charge is -2.10. The van der Waals surface area contributed by atoms with E-state index in [-0.39, 0.29) is 23.9 Å². The molecule has 2 aromatic heterocycles. The van der Waals surface area contributed by atoms with Crippen molar-refractivity contribution in [1.82, 2.24) is 24.5 Å². The summed E-state index contributed by atoms with van der Waals surface area (Å²) in [5.74, 6) is 0.239. The number of nitrogens with one attached hydrogen (secondary N) is 1. The topological polar surface area (TPSA) is 98.5 Å². The van der Waals surface area contributed by atoms with Crippen LogP contribution in [-0.2, 0) is 10.0 Å². The lowest BCUT2D eigenvalue weighted by molar-refractivity contribution is 0.306. The molecule has 2 heterocycles. The summed E-state index contributed by atoms with van der Waals surface area (Å²) in [7, 11) is -3.64. The van der Waals surface area contributed by atoms with Gasteiger partial charge in [0.1, 0.15) is 12.4 Å². The van der Waals surface area contributed by atoms with Gasteiger partial charge in [0.25, 0.3) is 0 Å². The molecular weight excluding hydrogens is 421 g/mol. The smallest absolute Gasteiger partial charge is 0.240 e. The molecule has 0 amide bonds. The van der Waals surface area contributed by atoms with Crippen LogP contribution >= 0.6 is 0 Å². The molecule has 0 unspecified atom stereocenters. The summed E-state index contributed by atoms with van der Waals surface area (Å²) in [5, 5.41) is 12.4. The third kappa shape index (κ3) is 4.54. The number of nitrogens with zero attached hydrogens (tertiary/aromatic N) is 4. The number of hydrogen-bond acceptors (Lipinski definition) is 6. The Morgan fingerprint density at radius 2 is 1.87 bits per heavy atom. The molecule has 0 radical (unpaired) electrons. The van der Waals surface area contributed by atoms with Gasteiger partial charge >= 0.3 is 0 Å². The Balaban J connectivity index is 1.43. The van der Waals surface area contributed by atoms with Gasteiger partial charge < -0.3 is 4.74 Å². The summed E-state index contributed by atoms with van der Waals surface area (Å²) in [6, 6.07) is 14.2. The minimum atomic E-state index is -3.64. The molecule has 2 aromatic carbocycles. The number of hydrogen-bond donors (Lipinski definition) is 1. The van der Waals surface area contributed by atoms with Crippen LogP contribution in [-0.4, -0.2) is 41.4 Å². The fourth-order valence-electron chi connectivity index (χ4n) is 2.95. The Kier molecular flexibility index (Phi) is 5.66. The van der Waals surface area contributed by atoms with Gasteiger partial charge in [-0.1, -0.05) is 18.2 Å². The first-order chi connectivity index (χ1) is 14.8. The summed E-state index contributed by atoms with van der Waals surface area (Å²) in [5.41, 5.74) is 2.93. The molecule has 0 atom stereocenters. The predicted molar refractivity (Wildman–Crippen MR) is 113 cm³/mol. The molecule has 0 saturated heterocycles. The van der Waals surface area contributed by atoms with Crippen LogP contribution < -0.4 is 9.46 Å². The summed E-state index contributed by atoms with van der Waals surface area (Å²) < 4.78 is 48.0. The maximum absolute atomic E-state index is 13.5. The van der Waals surface area contributed by atoms with Crippen LogP contribution in [0.4, 0.5) is 4.39 Å². The first-order valence-corrected chi connectivity index (χ1v) is 11.0. The van der Waals surface area contributed by atoms with Gasteiger partial charge in [-0.25, -0.2) is 17.5 Å². The van der Waals surface area contributed by atoms with Crippen LogP contribution in [0.25, 0.3) is 17.0 Å². The second kappa shape index (κ2) is 8.40. The van der Waals surface area contributed by atoms with Crippen molar-refractivity contribution in [3.63, 3.8) is 0 Å². The molecule has 0 fully saturated rings. The largest absolute Gasteiger partial charge is 0.475 e. The summed E-state index contributed by atoms with van der Waals surface area (Å²) in [6.45, 7) is 3.92. The van der Waals surface area contributed by atoms with Crippen LogP contribution in [0.2, 0.25) is 0 Å². The average molecular weight is 441 g/mol. The quantitative estimate of drug-likeness (QED) is 0.443. The molecule has 4 aromatic rings. The SMILES string of the molecule is Cc1ccc(S(=O)(=O)NCCOc2ccc3nnc(-c4cccc(F)c4)n3n2)cc1C. The zero-order valence-corrected chi connectivity index (χ0v) is 17.7. The fourth-order valence-corrected chi connectivity index (χ4v) is 4.05. The molecule has 0 aliphatic rings. The molecular formula is C21H20FN5O3S. The molecule has 1 N–H and O–H groups in total. The highest BCUT2D eigenvalue weighted by molar-refractivity contribution is 7.89. The van der Waals surface area contributed by atoms with E-state index in [2.05, 4.69) is 20.0 Å². The molecule has 4 rings (SSSR count). The zero-order valence-electron chi connectivity index (χ0n) is 16.9. The van der Waals surface area contributed by atoms with E-state index in [1.807, 2.05) is 13.8 Å². The number of halogens is 1. The minimum absolute atomic E-state index is 0.0634. The van der Waals surface area contributed by atoms with Crippen LogP contribution in [0.5, 0.6) is 5.88 Å². The maximum atomic E-state index is 13.5. The number of benzene rings is 2. The van der Waals surface area contributed by atoms with E-state index in [0.717, 1.165) is 11.1 Å². The van der Waals surface area contributed by atoms with Crippen LogP contribution in [0.15, 0.2) is 59.5 Å². The number of sulfonamides is 1. The van der Waals surface area contributed by atoms with E-state index in [9.17, 15) is 12.8 Å². The van der Waals surface area contributed by atoms with Crippen molar-refractivity contribution >= 4 is 15.7 Å². The first-order valence-electron chi connectivity index (χ1n) is 9.52. The Labute approximate surface area is 178 Å². The third-order valence-corrected chi connectivity index (χ3v) is 6.21. The van der Waals surface area contributed by atoms with Crippen molar-refractivity contribution in [2.24, 2.45) is 0 Å². The van der Waals surface area contributed by atoms with E-state index in [1.54, 1.807) is 42.5 Å². The van der Waals surface area contributed by atoms with Crippen LogP contribution in [0, 0.1) is 19.7 Å². The van der Waals surface area contributed by atoms with E-state index in [1.165, 1.54) is 16.6 Å². The van der Waals surface area contributed by atoms with Gasteiger partial charge in [-0.05, 0) is 55.3 Å². The number of aryl methyl sites for hydroxylation is 2. The lowest BCUT2D eigenvalue weighted by atomic mass is 10.1. The fraction of sp³-hybridized carbons (Fsp3) is 0.190. The van der Waals surface area contributed by atoms with Crippen molar-refractivity contribution in [3.8, 4) is 17.3 Å². The van der Waals surface area contributed by atoms with E-state index in [0.29, 0.717) is 17.0 Å². The highest BCUT2D eigenvalue weighted by Gasteiger charge is 2.15. The van der Waals surface area contributed by atoms with Crippen LogP contribution in [0.1, 0.15) is 11.1 Å². The third-order valence-electron chi connectivity index (χ3n) is 4.75. The van der Waals surface area contributed by atoms with Crippen molar-refractivity contribution in [3.05, 3.63) is 71.5 Å². The van der Waals surface area contributed by atoms with E-state index in [4.69, 9.17) is 4.74 Å². The van der Waals surface area contributed by atoms with Gasteiger partial charge in [0.15, 0.2) is 11.5 Å². The van der Waals surface area contributed by atoms with Gasteiger partial charge in [0, 0.05) is 18.2 Å². The predicted octanol–water partition coefficient (Wildman–Crippen LogP) is 2.90. The zero-order chi connectivity index (χ0) is 22.0. The molecule has 0 spiro atoms. The van der Waals surface area contributed by atoms with Gasteiger partial charge in [0.05, 0.1) is 4.90 Å². The number of aromatic nitrogens is 4. The number of rotatable bonds is 7. The van der Waals surface area contributed by atoms with Crippen molar-refractivity contribution < 1.29 is 17.5 Å². The van der Waals surface area contributed by atoms with Crippen LogP contribution in [0.3, 0.4) is 0 Å². The van der Waals surface area contributed by atoms with E-state index < -0.39 is 15.8 Å². The Morgan fingerprint density at radius 1 is 1.03 bits per heavy atom. The lowest BCUT2D eigenvalue weighted by Crippen LogP contribution is -2.28. The van der Waals surface area contributed by atoms with E-state index >= 15 is 0 Å². The normalized spacial score (nSPS) is 11.7. The highest BCUT2D eigenvalue weighted by Crippen LogP contribution is 2.20. The summed E-state index contributed by atoms with van der Waals surface area (Å²) in [4.78, 5) is 0.208. The molecule has 0 aliphatic heterocycles. The Hall–Kier alpha value is -3.37. The molecule has 31 heavy (non-hydrogen) atoms. The molecule has 10 heteroatoms. The average Bonchev–Trinajstić information content (AvgIpc) is 3.16. The number of ether oxygens (including phenoxy) is 1. The summed E-state index contributed by atoms with van der Waals surface area (Å²) >= 11 is 0. The Bertz CT molecular complexity index is 1350.